The number of amides is 1. The standard InChI is InChI=1S/C15H23FN2O2/c1-4-15(17,5-2)14(19)18(3)9-10-20-13-8-6-7-12(16)11-13/h6-8,11H,4-5,9-10,17H2,1-3H3. The Balaban J connectivity index is 2.47. The van der Waals surface area contributed by atoms with Crippen LogP contribution in [0.2, 0.25) is 0 Å². The van der Waals surface area contributed by atoms with E-state index in [1.165, 1.54) is 12.1 Å². The molecule has 0 unspecified atom stereocenters. The van der Waals surface area contributed by atoms with E-state index in [1.807, 2.05) is 13.8 Å². The Morgan fingerprint density at radius 2 is 2.05 bits per heavy atom. The Labute approximate surface area is 119 Å². The third-order valence-electron chi connectivity index (χ3n) is 3.53. The Kier molecular flexibility index (Phi) is 5.95. The van der Waals surface area contributed by atoms with E-state index in [1.54, 1.807) is 24.1 Å². The molecular formula is C15H23FN2O2. The van der Waals surface area contributed by atoms with E-state index in [2.05, 4.69) is 0 Å². The van der Waals surface area contributed by atoms with Gasteiger partial charge in [0.2, 0.25) is 5.91 Å². The molecule has 1 aromatic carbocycles. The first-order valence-electron chi connectivity index (χ1n) is 6.85. The van der Waals surface area contributed by atoms with Gasteiger partial charge in [-0.2, -0.15) is 0 Å². The zero-order valence-electron chi connectivity index (χ0n) is 12.4. The summed E-state index contributed by atoms with van der Waals surface area (Å²) in [6.45, 7) is 4.51. The van der Waals surface area contributed by atoms with Gasteiger partial charge >= 0.3 is 0 Å². The van der Waals surface area contributed by atoms with E-state index in [9.17, 15) is 9.18 Å². The maximum Gasteiger partial charge on any atom is 0.242 e. The second-order valence-corrected chi connectivity index (χ2v) is 4.90. The van der Waals surface area contributed by atoms with E-state index in [4.69, 9.17) is 10.5 Å². The third-order valence-corrected chi connectivity index (χ3v) is 3.53. The number of carbonyl (C=O) groups is 1. The molecule has 0 spiro atoms. The normalized spacial score (nSPS) is 11.2. The number of nitrogens with zero attached hydrogens (tertiary/aromatic N) is 1. The average Bonchev–Trinajstić information content (AvgIpc) is 2.45. The molecule has 1 aromatic rings. The van der Waals surface area contributed by atoms with Gasteiger partial charge in [0.05, 0.1) is 12.1 Å². The molecule has 0 saturated carbocycles. The molecule has 0 aromatic heterocycles. The van der Waals surface area contributed by atoms with Crippen molar-refractivity contribution >= 4 is 5.91 Å². The van der Waals surface area contributed by atoms with Crippen LogP contribution in [0.15, 0.2) is 24.3 Å². The monoisotopic (exact) mass is 282 g/mol. The molecular weight excluding hydrogens is 259 g/mol. The van der Waals surface area contributed by atoms with Crippen molar-refractivity contribution < 1.29 is 13.9 Å². The number of carbonyl (C=O) groups excluding carboxylic acids is 1. The summed E-state index contributed by atoms with van der Waals surface area (Å²) in [5.41, 5.74) is 5.25. The van der Waals surface area contributed by atoms with Gasteiger partial charge in [-0.15, -0.1) is 0 Å². The smallest absolute Gasteiger partial charge is 0.242 e. The van der Waals surface area contributed by atoms with Crippen molar-refractivity contribution in [2.24, 2.45) is 5.73 Å². The minimum atomic E-state index is -0.812. The summed E-state index contributed by atoms with van der Waals surface area (Å²) in [5, 5.41) is 0. The largest absolute Gasteiger partial charge is 0.492 e. The Bertz CT molecular complexity index is 447. The first-order valence-corrected chi connectivity index (χ1v) is 6.85. The van der Waals surface area contributed by atoms with E-state index in [0.717, 1.165) is 0 Å². The molecule has 1 amide bonds. The number of likely N-dealkylation sites (N-methyl/N-ethyl adjacent to an activating group) is 1. The molecule has 0 bridgehead atoms. The highest BCUT2D eigenvalue weighted by molar-refractivity contribution is 5.85. The number of halogens is 1. The van der Waals surface area contributed by atoms with Crippen LogP contribution in [0.5, 0.6) is 5.75 Å². The molecule has 0 aliphatic heterocycles. The van der Waals surface area contributed by atoms with Gasteiger partial charge in [0.1, 0.15) is 18.2 Å². The van der Waals surface area contributed by atoms with Crippen LogP contribution in [-0.4, -0.2) is 36.5 Å². The van der Waals surface area contributed by atoms with Crippen molar-refractivity contribution in [3.05, 3.63) is 30.1 Å². The van der Waals surface area contributed by atoms with Crippen LogP contribution in [-0.2, 0) is 4.79 Å². The zero-order chi connectivity index (χ0) is 15.2. The van der Waals surface area contributed by atoms with Crippen molar-refractivity contribution in [2.45, 2.75) is 32.2 Å². The molecule has 0 aliphatic rings. The molecule has 5 heteroatoms. The van der Waals surface area contributed by atoms with Crippen LogP contribution < -0.4 is 10.5 Å². The molecule has 20 heavy (non-hydrogen) atoms. The fraction of sp³-hybridized carbons (Fsp3) is 0.533. The van der Waals surface area contributed by atoms with Gasteiger partial charge in [0.25, 0.3) is 0 Å². The maximum atomic E-state index is 13.0. The van der Waals surface area contributed by atoms with E-state index >= 15 is 0 Å². The lowest BCUT2D eigenvalue weighted by Crippen LogP contribution is -2.54. The summed E-state index contributed by atoms with van der Waals surface area (Å²) >= 11 is 0. The molecule has 1 rings (SSSR count). The minimum Gasteiger partial charge on any atom is -0.492 e. The molecule has 0 fully saturated rings. The second-order valence-electron chi connectivity index (χ2n) is 4.90. The Hall–Kier alpha value is -1.62. The van der Waals surface area contributed by atoms with Crippen LogP contribution in [0.1, 0.15) is 26.7 Å². The number of ether oxygens (including phenoxy) is 1. The first-order chi connectivity index (χ1) is 9.42. The van der Waals surface area contributed by atoms with Crippen molar-refractivity contribution in [3.63, 3.8) is 0 Å². The summed E-state index contributed by atoms with van der Waals surface area (Å²) in [5.74, 6) is 0.0195. The highest BCUT2D eigenvalue weighted by Gasteiger charge is 2.32. The lowest BCUT2D eigenvalue weighted by atomic mass is 9.92. The van der Waals surface area contributed by atoms with Gasteiger partial charge < -0.3 is 15.4 Å². The first kappa shape index (κ1) is 16.4. The van der Waals surface area contributed by atoms with Crippen molar-refractivity contribution in [2.75, 3.05) is 20.2 Å². The van der Waals surface area contributed by atoms with Gasteiger partial charge in [0.15, 0.2) is 0 Å². The number of hydrogen-bond donors (Lipinski definition) is 1. The van der Waals surface area contributed by atoms with Gasteiger partial charge in [-0.25, -0.2) is 4.39 Å². The highest BCUT2D eigenvalue weighted by Crippen LogP contribution is 2.15. The lowest BCUT2D eigenvalue weighted by molar-refractivity contribution is -0.136. The van der Waals surface area contributed by atoms with E-state index in [-0.39, 0.29) is 11.7 Å². The van der Waals surface area contributed by atoms with Gasteiger partial charge in [-0.3, -0.25) is 4.79 Å². The van der Waals surface area contributed by atoms with Crippen LogP contribution in [0.3, 0.4) is 0 Å². The van der Waals surface area contributed by atoms with Crippen molar-refractivity contribution in [1.29, 1.82) is 0 Å². The number of nitrogens with two attached hydrogens (primary N) is 1. The molecule has 0 saturated heterocycles. The minimum absolute atomic E-state index is 0.0923. The zero-order valence-corrected chi connectivity index (χ0v) is 12.4. The predicted octanol–water partition coefficient (Wildman–Crippen LogP) is 2.18. The molecule has 112 valence electrons. The number of rotatable bonds is 7. The van der Waals surface area contributed by atoms with Gasteiger partial charge in [-0.05, 0) is 25.0 Å². The quantitative estimate of drug-likeness (QED) is 0.834. The maximum absolute atomic E-state index is 13.0. The second kappa shape index (κ2) is 7.24. The molecule has 2 N–H and O–H groups in total. The topological polar surface area (TPSA) is 55.6 Å². The van der Waals surface area contributed by atoms with Crippen LogP contribution in [0.4, 0.5) is 4.39 Å². The summed E-state index contributed by atoms with van der Waals surface area (Å²) in [7, 11) is 1.70. The summed E-state index contributed by atoms with van der Waals surface area (Å²) in [4.78, 5) is 13.8. The fourth-order valence-corrected chi connectivity index (χ4v) is 1.89. The summed E-state index contributed by atoms with van der Waals surface area (Å²) in [6.07, 6.45) is 1.19. The average molecular weight is 282 g/mol. The SMILES string of the molecule is CCC(N)(CC)C(=O)N(C)CCOc1cccc(F)c1. The van der Waals surface area contributed by atoms with E-state index in [0.29, 0.717) is 31.7 Å². The summed E-state index contributed by atoms with van der Waals surface area (Å²) in [6, 6.07) is 5.93. The summed E-state index contributed by atoms with van der Waals surface area (Å²) < 4.78 is 18.4. The predicted molar refractivity (Wildman–Crippen MR) is 77.0 cm³/mol. The third kappa shape index (κ3) is 4.20. The molecule has 0 aliphatic carbocycles. The Morgan fingerprint density at radius 1 is 1.40 bits per heavy atom. The van der Waals surface area contributed by atoms with Crippen molar-refractivity contribution in [3.8, 4) is 5.75 Å². The van der Waals surface area contributed by atoms with Gasteiger partial charge in [0, 0.05) is 13.1 Å². The lowest BCUT2D eigenvalue weighted by Gasteiger charge is -2.30. The van der Waals surface area contributed by atoms with Crippen LogP contribution in [0, 0.1) is 5.82 Å². The van der Waals surface area contributed by atoms with Crippen molar-refractivity contribution in [1.82, 2.24) is 4.90 Å². The fourth-order valence-electron chi connectivity index (χ4n) is 1.89. The molecule has 4 nitrogen and oxygen atoms in total. The van der Waals surface area contributed by atoms with Gasteiger partial charge in [-0.1, -0.05) is 19.9 Å². The Morgan fingerprint density at radius 3 is 2.60 bits per heavy atom. The van der Waals surface area contributed by atoms with Crippen LogP contribution >= 0.6 is 0 Å². The number of hydrogen-bond acceptors (Lipinski definition) is 3. The highest BCUT2D eigenvalue weighted by atomic mass is 19.1. The molecule has 0 atom stereocenters. The number of benzene rings is 1. The van der Waals surface area contributed by atoms with E-state index < -0.39 is 5.54 Å². The molecule has 0 heterocycles. The molecule has 0 radical (unpaired) electrons. The van der Waals surface area contributed by atoms with Crippen LogP contribution in [0.25, 0.3) is 0 Å².